The second-order valence-electron chi connectivity index (χ2n) is 10.1. The molecule has 5 nitrogen and oxygen atoms in total. The summed E-state index contributed by atoms with van der Waals surface area (Å²) in [6.07, 6.45) is 4.87. The molecule has 2 aromatic rings. The van der Waals surface area contributed by atoms with E-state index in [1.54, 1.807) is 0 Å². The van der Waals surface area contributed by atoms with Crippen molar-refractivity contribution in [1.29, 1.82) is 0 Å². The molecule has 5 rings (SSSR count). The number of carbonyl (C=O) groups is 1. The second kappa shape index (κ2) is 8.53. The fraction of sp³-hybridized carbons (Fsp3) is 0.519. The number of nitrogens with zero attached hydrogens (tertiary/aromatic N) is 2. The Morgan fingerprint density at radius 2 is 1.59 bits per heavy atom. The first-order valence-electron chi connectivity index (χ1n) is 12.0. The Hall–Kier alpha value is -2.37. The molecule has 0 saturated carbocycles. The van der Waals surface area contributed by atoms with Gasteiger partial charge in [-0.2, -0.15) is 0 Å². The number of hydrogen-bond acceptors (Lipinski definition) is 4. The van der Waals surface area contributed by atoms with Gasteiger partial charge in [-0.25, -0.2) is 4.79 Å². The van der Waals surface area contributed by atoms with Crippen LogP contribution in [0.25, 0.3) is 11.1 Å². The maximum atomic E-state index is 13.3. The monoisotopic (exact) mass is 434 g/mol. The first kappa shape index (κ1) is 21.5. The topological polar surface area (TPSA) is 53.0 Å². The van der Waals surface area contributed by atoms with E-state index in [1.807, 2.05) is 19.0 Å². The van der Waals surface area contributed by atoms with Crippen molar-refractivity contribution in [2.75, 3.05) is 27.2 Å². The Balaban J connectivity index is 1.29. The highest BCUT2D eigenvalue weighted by Crippen LogP contribution is 2.45. The molecule has 2 aromatic carbocycles. The molecule has 0 spiro atoms. The summed E-state index contributed by atoms with van der Waals surface area (Å²) in [7, 11) is 4.08. The van der Waals surface area contributed by atoms with E-state index in [9.17, 15) is 9.90 Å². The second-order valence-corrected chi connectivity index (χ2v) is 10.1. The lowest BCUT2D eigenvalue weighted by Crippen LogP contribution is -2.60. The van der Waals surface area contributed by atoms with E-state index in [1.165, 1.54) is 22.3 Å². The van der Waals surface area contributed by atoms with E-state index in [0.717, 1.165) is 32.2 Å². The zero-order chi connectivity index (χ0) is 22.3. The minimum atomic E-state index is -0.680. The van der Waals surface area contributed by atoms with Crippen molar-refractivity contribution in [3.05, 3.63) is 59.7 Å². The average molecular weight is 435 g/mol. The van der Waals surface area contributed by atoms with Crippen molar-refractivity contribution in [3.8, 4) is 11.1 Å². The fourth-order valence-corrected chi connectivity index (χ4v) is 6.13. The lowest BCUT2D eigenvalue weighted by molar-refractivity contribution is -0.0903. The molecule has 2 saturated heterocycles. The van der Waals surface area contributed by atoms with E-state index in [4.69, 9.17) is 4.74 Å². The third-order valence-corrected chi connectivity index (χ3v) is 7.66. The van der Waals surface area contributed by atoms with Crippen LogP contribution >= 0.6 is 0 Å². The summed E-state index contributed by atoms with van der Waals surface area (Å²) in [5, 5.41) is 11.2. The van der Waals surface area contributed by atoms with Gasteiger partial charge in [-0.15, -0.1) is 0 Å². The molecule has 2 fully saturated rings. The number of benzene rings is 2. The molecule has 0 aromatic heterocycles. The first-order chi connectivity index (χ1) is 15.5. The van der Waals surface area contributed by atoms with E-state index < -0.39 is 5.60 Å². The number of rotatable bonds is 5. The molecule has 2 heterocycles. The van der Waals surface area contributed by atoms with Crippen molar-refractivity contribution in [2.45, 2.75) is 62.1 Å². The molecule has 1 aliphatic carbocycles. The number of amides is 1. The molecule has 5 heteroatoms. The van der Waals surface area contributed by atoms with Gasteiger partial charge in [0.05, 0.1) is 5.60 Å². The minimum absolute atomic E-state index is 0.0744. The third kappa shape index (κ3) is 3.93. The summed E-state index contributed by atoms with van der Waals surface area (Å²) < 4.78 is 5.98. The summed E-state index contributed by atoms with van der Waals surface area (Å²) in [5.41, 5.74) is 4.27. The highest BCUT2D eigenvalue weighted by Gasteiger charge is 2.47. The smallest absolute Gasteiger partial charge is 0.410 e. The van der Waals surface area contributed by atoms with Gasteiger partial charge in [0.15, 0.2) is 0 Å². The van der Waals surface area contributed by atoms with Crippen LogP contribution in [-0.4, -0.2) is 65.9 Å². The predicted molar refractivity (Wildman–Crippen MR) is 126 cm³/mol. The summed E-state index contributed by atoms with van der Waals surface area (Å²) in [5.74, 6) is 0.0769. The van der Waals surface area contributed by atoms with Crippen LogP contribution in [0.4, 0.5) is 4.79 Å². The van der Waals surface area contributed by atoms with Crippen LogP contribution in [0.15, 0.2) is 48.5 Å². The molecule has 1 amide bonds. The number of aliphatic hydroxyl groups is 1. The maximum Gasteiger partial charge on any atom is 0.410 e. The van der Waals surface area contributed by atoms with Gasteiger partial charge >= 0.3 is 6.09 Å². The molecule has 2 atom stereocenters. The zero-order valence-electron chi connectivity index (χ0n) is 19.2. The summed E-state index contributed by atoms with van der Waals surface area (Å²) in [4.78, 5) is 17.4. The van der Waals surface area contributed by atoms with Crippen molar-refractivity contribution in [1.82, 2.24) is 9.80 Å². The van der Waals surface area contributed by atoms with Gasteiger partial charge in [-0.1, -0.05) is 48.5 Å². The van der Waals surface area contributed by atoms with Gasteiger partial charge in [0.1, 0.15) is 6.61 Å². The van der Waals surface area contributed by atoms with Crippen LogP contribution in [0.5, 0.6) is 0 Å². The maximum absolute atomic E-state index is 13.3. The van der Waals surface area contributed by atoms with E-state index in [-0.39, 0.29) is 24.1 Å². The van der Waals surface area contributed by atoms with E-state index in [2.05, 4.69) is 53.4 Å². The van der Waals surface area contributed by atoms with Crippen molar-refractivity contribution in [3.63, 3.8) is 0 Å². The molecule has 32 heavy (non-hydrogen) atoms. The highest BCUT2D eigenvalue weighted by molar-refractivity contribution is 5.79. The van der Waals surface area contributed by atoms with Crippen LogP contribution in [-0.2, 0) is 4.74 Å². The molecule has 2 unspecified atom stereocenters. The lowest BCUT2D eigenvalue weighted by Gasteiger charge is -2.51. The fourth-order valence-electron chi connectivity index (χ4n) is 6.13. The van der Waals surface area contributed by atoms with Gasteiger partial charge in [0.2, 0.25) is 0 Å². The van der Waals surface area contributed by atoms with Gasteiger partial charge in [0, 0.05) is 24.5 Å². The van der Waals surface area contributed by atoms with Gasteiger partial charge in [-0.05, 0) is 74.9 Å². The van der Waals surface area contributed by atoms with Crippen molar-refractivity contribution < 1.29 is 14.6 Å². The summed E-state index contributed by atoms with van der Waals surface area (Å²) >= 11 is 0. The summed E-state index contributed by atoms with van der Waals surface area (Å²) in [6, 6.07) is 17.0. The number of ether oxygens (including phenoxy) is 1. The quantitative estimate of drug-likeness (QED) is 0.745. The molecular weight excluding hydrogens is 400 g/mol. The Morgan fingerprint density at radius 1 is 1.03 bits per heavy atom. The minimum Gasteiger partial charge on any atom is -0.448 e. The van der Waals surface area contributed by atoms with Crippen LogP contribution in [0.3, 0.4) is 0 Å². The number of carbonyl (C=O) groups excluding carboxylic acids is 1. The highest BCUT2D eigenvalue weighted by atomic mass is 16.6. The first-order valence-corrected chi connectivity index (χ1v) is 12.0. The molecule has 2 bridgehead atoms. The number of fused-ring (bicyclic) bond motifs is 5. The largest absolute Gasteiger partial charge is 0.448 e. The number of hydrogen-bond donors (Lipinski definition) is 1. The normalized spacial score (nSPS) is 26.7. The SMILES string of the molecule is CN(C)CCC1(O)CC2CCCC(C1)N2C(=O)OCC1c2ccccc2-c2ccccc21. The third-order valence-electron chi connectivity index (χ3n) is 7.66. The Labute approximate surface area is 191 Å². The lowest BCUT2D eigenvalue weighted by atomic mass is 9.74. The van der Waals surface area contributed by atoms with Crippen LogP contribution in [0, 0.1) is 0 Å². The van der Waals surface area contributed by atoms with Crippen LogP contribution in [0.2, 0.25) is 0 Å². The Kier molecular flexibility index (Phi) is 5.72. The molecular formula is C27H34N2O3. The van der Waals surface area contributed by atoms with Crippen molar-refractivity contribution >= 4 is 6.09 Å². The van der Waals surface area contributed by atoms with Crippen LogP contribution < -0.4 is 0 Å². The molecule has 0 radical (unpaired) electrons. The standard InChI is InChI=1S/C27H34N2O3/c1-28(2)15-14-27(31)16-19-8-7-9-20(17-27)29(19)26(30)32-18-25-23-12-5-3-10-21(23)22-11-4-6-13-24(22)25/h3-6,10-13,19-20,25,31H,7-9,14-18H2,1-2H3. The molecule has 170 valence electrons. The molecule has 1 N–H and O–H groups in total. The van der Waals surface area contributed by atoms with E-state index in [0.29, 0.717) is 19.4 Å². The van der Waals surface area contributed by atoms with Gasteiger partial charge < -0.3 is 19.6 Å². The average Bonchev–Trinajstić information content (AvgIpc) is 3.09. The van der Waals surface area contributed by atoms with E-state index >= 15 is 0 Å². The Morgan fingerprint density at radius 3 is 2.16 bits per heavy atom. The Bertz CT molecular complexity index is 929. The zero-order valence-corrected chi connectivity index (χ0v) is 19.2. The molecule has 3 aliphatic rings. The van der Waals surface area contributed by atoms with Gasteiger partial charge in [-0.3, -0.25) is 0 Å². The van der Waals surface area contributed by atoms with Gasteiger partial charge in [0.25, 0.3) is 0 Å². The van der Waals surface area contributed by atoms with Crippen molar-refractivity contribution in [2.24, 2.45) is 0 Å². The predicted octanol–water partition coefficient (Wildman–Crippen LogP) is 4.64. The summed E-state index contributed by atoms with van der Waals surface area (Å²) in [6.45, 7) is 1.22. The number of piperidine rings is 2. The molecule has 2 aliphatic heterocycles. The van der Waals surface area contributed by atoms with Crippen LogP contribution in [0.1, 0.15) is 55.6 Å².